The van der Waals surface area contributed by atoms with Crippen molar-refractivity contribution in [3.63, 3.8) is 0 Å². The zero-order chi connectivity index (χ0) is 17.6. The third kappa shape index (κ3) is 6.34. The summed E-state index contributed by atoms with van der Waals surface area (Å²) in [5, 5.41) is 3.12. The second kappa shape index (κ2) is 9.17. The smallest absolute Gasteiger partial charge is 0.213 e. The van der Waals surface area contributed by atoms with Crippen LogP contribution in [0.3, 0.4) is 0 Å². The Hall–Kier alpha value is -0.640. The molecule has 6 nitrogen and oxygen atoms in total. The predicted octanol–water partition coefficient (Wildman–Crippen LogP) is 2.24. The highest BCUT2D eigenvalue weighted by Gasteiger charge is 2.20. The summed E-state index contributed by atoms with van der Waals surface area (Å²) in [4.78, 5) is 7.41. The molecule has 0 aliphatic heterocycles. The largest absolute Gasteiger partial charge is 0.355 e. The van der Waals surface area contributed by atoms with Crippen LogP contribution in [0.1, 0.15) is 24.1 Å². The number of halogens is 1. The van der Waals surface area contributed by atoms with Crippen molar-refractivity contribution in [2.45, 2.75) is 25.8 Å². The SMILES string of the molecule is CN=C(NCCS(=O)(=O)NCC1CCC1)N(C)Cc1ccc(Br)s1. The molecule has 2 rings (SSSR count). The van der Waals surface area contributed by atoms with E-state index in [1.165, 1.54) is 11.3 Å². The van der Waals surface area contributed by atoms with Gasteiger partial charge in [-0.3, -0.25) is 4.99 Å². The van der Waals surface area contributed by atoms with Crippen LogP contribution in [0.5, 0.6) is 0 Å². The minimum Gasteiger partial charge on any atom is -0.355 e. The lowest BCUT2D eigenvalue weighted by atomic mass is 9.86. The topological polar surface area (TPSA) is 73.8 Å². The standard InChI is InChI=1S/C15H25BrN4O2S2/c1-17-15(20(2)11-13-6-7-14(16)23-13)18-8-9-24(21,22)19-10-12-4-3-5-12/h6-7,12,19H,3-5,8-11H2,1-2H3,(H,17,18). The van der Waals surface area contributed by atoms with E-state index in [1.807, 2.05) is 18.0 Å². The second-order valence-electron chi connectivity index (χ2n) is 6.00. The van der Waals surface area contributed by atoms with Crippen molar-refractivity contribution >= 4 is 43.2 Å². The Bertz CT molecular complexity index is 656. The summed E-state index contributed by atoms with van der Waals surface area (Å²) in [6, 6.07) is 4.08. The molecular formula is C15H25BrN4O2S2. The quantitative estimate of drug-likeness (QED) is 0.483. The normalized spacial score (nSPS) is 16.0. The summed E-state index contributed by atoms with van der Waals surface area (Å²) in [6.07, 6.45) is 3.49. The van der Waals surface area contributed by atoms with Crippen LogP contribution in [0.2, 0.25) is 0 Å². The van der Waals surface area contributed by atoms with Crippen LogP contribution in [0, 0.1) is 5.92 Å². The van der Waals surface area contributed by atoms with Gasteiger partial charge in [-0.05, 0) is 46.8 Å². The van der Waals surface area contributed by atoms with Gasteiger partial charge < -0.3 is 10.2 Å². The molecule has 0 radical (unpaired) electrons. The van der Waals surface area contributed by atoms with Crippen LogP contribution in [0.4, 0.5) is 0 Å². The molecule has 9 heteroatoms. The number of nitrogens with zero attached hydrogens (tertiary/aromatic N) is 2. The lowest BCUT2D eigenvalue weighted by molar-refractivity contribution is 0.316. The number of aliphatic imine (C=N–C) groups is 1. The number of sulfonamides is 1. The molecule has 0 bridgehead atoms. The van der Waals surface area contributed by atoms with Gasteiger partial charge in [-0.15, -0.1) is 11.3 Å². The Morgan fingerprint density at radius 3 is 2.75 bits per heavy atom. The average molecular weight is 437 g/mol. The molecule has 24 heavy (non-hydrogen) atoms. The Morgan fingerprint density at radius 2 is 2.21 bits per heavy atom. The van der Waals surface area contributed by atoms with Crippen LogP contribution < -0.4 is 10.0 Å². The first-order chi connectivity index (χ1) is 11.4. The maximum atomic E-state index is 12.0. The molecule has 0 spiro atoms. The third-order valence-electron chi connectivity index (χ3n) is 4.07. The molecule has 0 saturated heterocycles. The van der Waals surface area contributed by atoms with Gasteiger partial charge in [0.15, 0.2) is 5.96 Å². The average Bonchev–Trinajstić information content (AvgIpc) is 2.86. The Labute approximate surface area is 156 Å². The third-order valence-corrected chi connectivity index (χ3v) is 7.02. The van der Waals surface area contributed by atoms with Gasteiger partial charge in [0.05, 0.1) is 16.1 Å². The number of guanidine groups is 1. The van der Waals surface area contributed by atoms with Gasteiger partial charge in [0.25, 0.3) is 0 Å². The monoisotopic (exact) mass is 436 g/mol. The van der Waals surface area contributed by atoms with Crippen LogP contribution in [-0.4, -0.2) is 52.2 Å². The highest BCUT2D eigenvalue weighted by molar-refractivity contribution is 9.11. The van der Waals surface area contributed by atoms with Gasteiger partial charge in [-0.2, -0.15) is 0 Å². The molecule has 0 amide bonds. The van der Waals surface area contributed by atoms with Crippen molar-refractivity contribution in [1.29, 1.82) is 0 Å². The summed E-state index contributed by atoms with van der Waals surface area (Å²) in [5.74, 6) is 1.27. The van der Waals surface area contributed by atoms with Gasteiger partial charge in [0.2, 0.25) is 10.0 Å². The first-order valence-electron chi connectivity index (χ1n) is 8.03. The first-order valence-corrected chi connectivity index (χ1v) is 11.3. The molecule has 136 valence electrons. The molecule has 1 saturated carbocycles. The molecular weight excluding hydrogens is 412 g/mol. The van der Waals surface area contributed by atoms with Crippen LogP contribution >= 0.6 is 27.3 Å². The van der Waals surface area contributed by atoms with E-state index >= 15 is 0 Å². The number of rotatable bonds is 8. The Kier molecular flexibility index (Phi) is 7.52. The molecule has 2 N–H and O–H groups in total. The van der Waals surface area contributed by atoms with Crippen molar-refractivity contribution in [3.05, 3.63) is 20.8 Å². The maximum absolute atomic E-state index is 12.0. The fraction of sp³-hybridized carbons (Fsp3) is 0.667. The van der Waals surface area contributed by atoms with E-state index in [9.17, 15) is 8.42 Å². The maximum Gasteiger partial charge on any atom is 0.213 e. The van der Waals surface area contributed by atoms with E-state index in [4.69, 9.17) is 0 Å². The summed E-state index contributed by atoms with van der Waals surface area (Å²) in [5.41, 5.74) is 0. The van der Waals surface area contributed by atoms with E-state index in [0.717, 1.165) is 23.2 Å². The molecule has 0 aromatic carbocycles. The molecule has 1 heterocycles. The highest BCUT2D eigenvalue weighted by Crippen LogP contribution is 2.25. The van der Waals surface area contributed by atoms with E-state index in [-0.39, 0.29) is 5.75 Å². The van der Waals surface area contributed by atoms with Gasteiger partial charge in [-0.1, -0.05) is 6.42 Å². The lowest BCUT2D eigenvalue weighted by Gasteiger charge is -2.25. The highest BCUT2D eigenvalue weighted by atomic mass is 79.9. The molecule has 0 atom stereocenters. The van der Waals surface area contributed by atoms with E-state index in [0.29, 0.717) is 25.0 Å². The minimum absolute atomic E-state index is 0.0527. The van der Waals surface area contributed by atoms with E-state index in [2.05, 4.69) is 37.0 Å². The van der Waals surface area contributed by atoms with Crippen molar-refractivity contribution in [2.75, 3.05) is 32.9 Å². The summed E-state index contributed by atoms with van der Waals surface area (Å²) < 4.78 is 27.8. The number of hydrogen-bond acceptors (Lipinski definition) is 4. The zero-order valence-corrected chi connectivity index (χ0v) is 17.3. The molecule has 1 aromatic rings. The van der Waals surface area contributed by atoms with Crippen LogP contribution in [0.15, 0.2) is 20.9 Å². The van der Waals surface area contributed by atoms with Gasteiger partial charge >= 0.3 is 0 Å². The predicted molar refractivity (Wildman–Crippen MR) is 104 cm³/mol. The minimum atomic E-state index is -3.23. The van der Waals surface area contributed by atoms with Crippen molar-refractivity contribution in [1.82, 2.24) is 14.9 Å². The summed E-state index contributed by atoms with van der Waals surface area (Å²) in [6.45, 7) is 1.64. The number of thiophene rings is 1. The first kappa shape index (κ1) is 19.7. The van der Waals surface area contributed by atoms with Gasteiger partial charge in [0.1, 0.15) is 0 Å². The zero-order valence-electron chi connectivity index (χ0n) is 14.1. The Morgan fingerprint density at radius 1 is 1.46 bits per heavy atom. The fourth-order valence-corrected chi connectivity index (χ4v) is 4.98. The summed E-state index contributed by atoms with van der Waals surface area (Å²) >= 11 is 5.13. The number of nitrogens with one attached hydrogen (secondary N) is 2. The number of hydrogen-bond donors (Lipinski definition) is 2. The summed E-state index contributed by atoms with van der Waals surface area (Å²) in [7, 11) is 0.410. The van der Waals surface area contributed by atoms with Crippen LogP contribution in [-0.2, 0) is 16.6 Å². The van der Waals surface area contributed by atoms with Gasteiger partial charge in [-0.25, -0.2) is 13.1 Å². The second-order valence-corrected chi connectivity index (χ2v) is 10.5. The van der Waals surface area contributed by atoms with E-state index in [1.54, 1.807) is 18.4 Å². The molecule has 1 aromatic heterocycles. The van der Waals surface area contributed by atoms with Crippen molar-refractivity contribution < 1.29 is 8.42 Å². The van der Waals surface area contributed by atoms with Crippen LogP contribution in [0.25, 0.3) is 0 Å². The van der Waals surface area contributed by atoms with Gasteiger partial charge in [0, 0.05) is 32.1 Å². The lowest BCUT2D eigenvalue weighted by Crippen LogP contribution is -2.42. The van der Waals surface area contributed by atoms with Crippen molar-refractivity contribution in [2.24, 2.45) is 10.9 Å². The van der Waals surface area contributed by atoms with Crippen molar-refractivity contribution in [3.8, 4) is 0 Å². The molecule has 0 unspecified atom stereocenters. The fourth-order valence-electron chi connectivity index (χ4n) is 2.44. The molecule has 1 aliphatic rings. The molecule has 1 aliphatic carbocycles. The van der Waals surface area contributed by atoms with E-state index < -0.39 is 10.0 Å². The Balaban J connectivity index is 1.73. The molecule has 1 fully saturated rings.